The van der Waals surface area contributed by atoms with Gasteiger partial charge in [-0.25, -0.2) is 15.0 Å². The maximum Gasteiger partial charge on any atom is 0.342 e. The van der Waals surface area contributed by atoms with E-state index in [1.165, 1.54) is 18.1 Å². The fourth-order valence-corrected chi connectivity index (χ4v) is 5.51. The van der Waals surface area contributed by atoms with Crippen molar-refractivity contribution in [2.24, 2.45) is 0 Å². The van der Waals surface area contributed by atoms with Crippen LogP contribution >= 0.6 is 27.0 Å². The highest BCUT2D eigenvalue weighted by atomic mass is 32.2. The molecule has 1 aromatic carbocycles. The zero-order valence-corrected chi connectivity index (χ0v) is 17.7. The average Bonchev–Trinajstić information content (AvgIpc) is 2.65. The molecular weight excluding hydrogens is 438 g/mol. The van der Waals surface area contributed by atoms with Gasteiger partial charge in [-0.1, -0.05) is 30.3 Å². The molecule has 0 spiro atoms. The van der Waals surface area contributed by atoms with Gasteiger partial charge in [0, 0.05) is 12.1 Å². The number of pyridine rings is 1. The van der Waals surface area contributed by atoms with Gasteiger partial charge in [-0.2, -0.15) is 0 Å². The number of hydrogen-bond acceptors (Lipinski definition) is 7. The summed E-state index contributed by atoms with van der Waals surface area (Å²) in [5.74, 6) is 0.166. The van der Waals surface area contributed by atoms with Gasteiger partial charge in [0.15, 0.2) is 11.0 Å². The summed E-state index contributed by atoms with van der Waals surface area (Å²) in [7, 11) is -10.1. The molecule has 0 aliphatic heterocycles. The van der Waals surface area contributed by atoms with Gasteiger partial charge >= 0.3 is 15.2 Å². The molecule has 0 saturated carbocycles. The molecule has 0 aliphatic carbocycles. The average molecular weight is 456 g/mol. The van der Waals surface area contributed by atoms with Gasteiger partial charge in [0.1, 0.15) is 17.2 Å². The number of thioether (sulfide) groups is 1. The van der Waals surface area contributed by atoms with Crippen LogP contribution in [-0.4, -0.2) is 52.7 Å². The Kier molecular flexibility index (Phi) is 6.40. The van der Waals surface area contributed by atoms with Crippen LogP contribution in [0.2, 0.25) is 0 Å². The second-order valence-corrected chi connectivity index (χ2v) is 10.8. The topological polar surface area (TPSA) is 166 Å². The van der Waals surface area contributed by atoms with Crippen molar-refractivity contribution in [2.45, 2.75) is 10.4 Å². The molecule has 154 valence electrons. The Morgan fingerprint density at radius 1 is 1.07 bits per heavy atom. The first-order valence-electron chi connectivity index (χ1n) is 8.20. The molecular formula is C16H18N4O6P2S. The lowest BCUT2D eigenvalue weighted by Crippen LogP contribution is -2.21. The van der Waals surface area contributed by atoms with Gasteiger partial charge in [-0.3, -0.25) is 9.13 Å². The van der Waals surface area contributed by atoms with E-state index in [4.69, 9.17) is 0 Å². The number of hydrogen-bond donors (Lipinski definition) is 5. The Hall–Kier alpha value is -1.84. The quantitative estimate of drug-likeness (QED) is 0.262. The van der Waals surface area contributed by atoms with Crippen LogP contribution in [0.1, 0.15) is 0 Å². The van der Waals surface area contributed by atoms with Crippen LogP contribution in [0.3, 0.4) is 0 Å². The number of aromatic nitrogens is 3. The predicted molar refractivity (Wildman–Crippen MR) is 111 cm³/mol. The molecule has 0 saturated heterocycles. The maximum atomic E-state index is 11.5. The van der Waals surface area contributed by atoms with Gasteiger partial charge in [-0.15, -0.1) is 11.8 Å². The normalized spacial score (nSPS) is 12.5. The van der Waals surface area contributed by atoms with Crippen LogP contribution in [0.5, 0.6) is 0 Å². The summed E-state index contributed by atoms with van der Waals surface area (Å²) in [5.41, 5.74) is 2.06. The SMILES string of the molecule is CSc1nc2ncnc(NCC(P(=O)(O)O)P(=O)(O)O)c2cc1-c1ccccc1. The smallest absolute Gasteiger partial charge is 0.342 e. The van der Waals surface area contributed by atoms with Crippen LogP contribution in [0, 0.1) is 0 Å². The number of nitrogens with one attached hydrogen (secondary N) is 1. The Bertz CT molecular complexity index is 1100. The van der Waals surface area contributed by atoms with Crippen molar-refractivity contribution in [1.82, 2.24) is 15.0 Å². The molecule has 3 aromatic rings. The molecule has 0 unspecified atom stereocenters. The van der Waals surface area contributed by atoms with Crippen molar-refractivity contribution in [3.63, 3.8) is 0 Å². The highest BCUT2D eigenvalue weighted by Gasteiger charge is 2.43. The molecule has 13 heteroatoms. The minimum atomic E-state index is -5.05. The van der Waals surface area contributed by atoms with E-state index < -0.39 is 27.1 Å². The van der Waals surface area contributed by atoms with Crippen LogP contribution in [0.25, 0.3) is 22.2 Å². The summed E-state index contributed by atoms with van der Waals surface area (Å²) in [6, 6.07) is 11.3. The second-order valence-electron chi connectivity index (χ2n) is 6.04. The van der Waals surface area contributed by atoms with Gasteiger partial charge in [0.05, 0.1) is 5.39 Å². The molecule has 0 atom stereocenters. The van der Waals surface area contributed by atoms with E-state index in [0.717, 1.165) is 16.2 Å². The van der Waals surface area contributed by atoms with E-state index in [0.29, 0.717) is 11.0 Å². The highest BCUT2D eigenvalue weighted by Crippen LogP contribution is 2.59. The molecule has 29 heavy (non-hydrogen) atoms. The molecule has 0 fully saturated rings. The van der Waals surface area contributed by atoms with E-state index in [2.05, 4.69) is 20.3 Å². The van der Waals surface area contributed by atoms with Crippen molar-refractivity contribution in [2.75, 3.05) is 18.1 Å². The molecule has 0 aliphatic rings. The van der Waals surface area contributed by atoms with Gasteiger partial charge in [0.25, 0.3) is 0 Å². The molecule has 2 heterocycles. The minimum absolute atomic E-state index is 0.166. The lowest BCUT2D eigenvalue weighted by Gasteiger charge is -2.20. The van der Waals surface area contributed by atoms with E-state index in [9.17, 15) is 28.7 Å². The van der Waals surface area contributed by atoms with Crippen molar-refractivity contribution >= 4 is 43.8 Å². The maximum absolute atomic E-state index is 11.5. The predicted octanol–water partition coefficient (Wildman–Crippen LogP) is 2.51. The number of anilines is 1. The Morgan fingerprint density at radius 3 is 2.31 bits per heavy atom. The third-order valence-electron chi connectivity index (χ3n) is 4.10. The van der Waals surface area contributed by atoms with Crippen molar-refractivity contribution in [3.05, 3.63) is 42.7 Å². The Labute approximate surface area is 170 Å². The summed E-state index contributed by atoms with van der Waals surface area (Å²) in [6.45, 7) is -0.675. The largest absolute Gasteiger partial charge is 0.368 e. The molecule has 10 nitrogen and oxygen atoms in total. The first kappa shape index (κ1) is 21.9. The minimum Gasteiger partial charge on any atom is -0.368 e. The third kappa shape index (κ3) is 5.02. The van der Waals surface area contributed by atoms with E-state index in [-0.39, 0.29) is 5.82 Å². The van der Waals surface area contributed by atoms with Gasteiger partial charge in [0.2, 0.25) is 0 Å². The summed E-state index contributed by atoms with van der Waals surface area (Å²) in [4.78, 5) is 49.9. The lowest BCUT2D eigenvalue weighted by atomic mass is 10.1. The van der Waals surface area contributed by atoms with Gasteiger partial charge in [-0.05, 0) is 17.9 Å². The summed E-state index contributed by atoms with van der Waals surface area (Å²) in [6.07, 6.45) is 3.10. The van der Waals surface area contributed by atoms with E-state index in [1.807, 2.05) is 36.6 Å². The number of benzene rings is 1. The van der Waals surface area contributed by atoms with Crippen molar-refractivity contribution in [3.8, 4) is 11.1 Å². The Balaban J connectivity index is 2.05. The summed E-state index contributed by atoms with van der Waals surface area (Å²) >= 11 is 1.44. The van der Waals surface area contributed by atoms with Crippen LogP contribution < -0.4 is 5.32 Å². The number of nitrogens with zero attached hydrogens (tertiary/aromatic N) is 3. The molecule has 0 bridgehead atoms. The second kappa shape index (κ2) is 8.49. The third-order valence-corrected chi connectivity index (χ3v) is 8.52. The number of fused-ring (bicyclic) bond motifs is 1. The molecule has 0 amide bonds. The van der Waals surface area contributed by atoms with Crippen LogP contribution in [-0.2, 0) is 9.13 Å². The molecule has 3 rings (SSSR count). The first-order chi connectivity index (χ1) is 13.6. The molecule has 5 N–H and O–H groups in total. The standard InChI is InChI=1S/C16H18N4O6P2S/c1-29-16-11(10-5-3-2-4-6-10)7-12-14(18-9-19-15(12)20-16)17-8-13(27(21,22)23)28(24,25)26/h2-7,9,13H,8H2,1H3,(H2,21,22,23)(H2,24,25,26)(H,17,18,19,20). The van der Waals surface area contributed by atoms with Gasteiger partial charge < -0.3 is 24.9 Å². The zero-order valence-electron chi connectivity index (χ0n) is 15.1. The van der Waals surface area contributed by atoms with Crippen molar-refractivity contribution < 1.29 is 28.7 Å². The van der Waals surface area contributed by atoms with Crippen LogP contribution in [0.15, 0.2) is 47.8 Å². The van der Waals surface area contributed by atoms with Crippen LogP contribution in [0.4, 0.5) is 5.82 Å². The van der Waals surface area contributed by atoms with E-state index >= 15 is 0 Å². The Morgan fingerprint density at radius 2 is 1.72 bits per heavy atom. The summed E-state index contributed by atoms with van der Waals surface area (Å²) in [5, 5.41) is 1.64. The number of rotatable bonds is 7. The highest BCUT2D eigenvalue weighted by molar-refractivity contribution is 7.98. The molecule has 2 aromatic heterocycles. The van der Waals surface area contributed by atoms with Crippen molar-refractivity contribution in [1.29, 1.82) is 0 Å². The summed E-state index contributed by atoms with van der Waals surface area (Å²) < 4.78 is 23.0. The molecule has 0 radical (unpaired) electrons. The monoisotopic (exact) mass is 456 g/mol. The fraction of sp³-hybridized carbons (Fsp3) is 0.188. The zero-order chi connectivity index (χ0) is 21.2. The first-order valence-corrected chi connectivity index (χ1v) is 12.8. The fourth-order valence-electron chi connectivity index (χ4n) is 2.71. The lowest BCUT2D eigenvalue weighted by molar-refractivity contribution is 0.340. The van der Waals surface area contributed by atoms with E-state index in [1.54, 1.807) is 6.07 Å².